The van der Waals surface area contributed by atoms with Crippen LogP contribution in [0.1, 0.15) is 24.5 Å². The monoisotopic (exact) mass is 246 g/mol. The summed E-state index contributed by atoms with van der Waals surface area (Å²) in [7, 11) is 1.66. The molecule has 2 aromatic rings. The van der Waals surface area contributed by atoms with E-state index in [0.29, 0.717) is 5.82 Å². The van der Waals surface area contributed by atoms with Gasteiger partial charge in [-0.2, -0.15) is 0 Å². The van der Waals surface area contributed by atoms with Gasteiger partial charge in [-0.3, -0.25) is 0 Å². The topological polar surface area (TPSA) is 61.3 Å². The Bertz CT molecular complexity index is 547. The van der Waals surface area contributed by atoms with E-state index in [9.17, 15) is 0 Å². The van der Waals surface area contributed by atoms with Gasteiger partial charge < -0.3 is 15.0 Å². The highest BCUT2D eigenvalue weighted by Gasteiger charge is 2.15. The molecule has 0 saturated heterocycles. The fourth-order valence-corrected chi connectivity index (χ4v) is 2.00. The molecule has 0 spiro atoms. The molecule has 0 amide bonds. The molecule has 1 heterocycles. The molecule has 0 atom stereocenters. The van der Waals surface area contributed by atoms with Crippen LogP contribution in [0.5, 0.6) is 5.75 Å². The molecule has 1 aromatic heterocycles. The average molecular weight is 246 g/mol. The van der Waals surface area contributed by atoms with Gasteiger partial charge in [-0.15, -0.1) is 0 Å². The number of anilines is 1. The van der Waals surface area contributed by atoms with E-state index >= 15 is 0 Å². The van der Waals surface area contributed by atoms with Crippen LogP contribution in [-0.2, 0) is 6.42 Å². The minimum atomic E-state index is 0.478. The van der Waals surface area contributed by atoms with Crippen LogP contribution in [0.3, 0.4) is 0 Å². The Balaban J connectivity index is 2.48. The summed E-state index contributed by atoms with van der Waals surface area (Å²) in [5.41, 5.74) is 8.84. The van der Waals surface area contributed by atoms with Gasteiger partial charge >= 0.3 is 0 Å². The lowest BCUT2D eigenvalue weighted by Crippen LogP contribution is -1.93. The van der Waals surface area contributed by atoms with Crippen LogP contribution >= 0.6 is 0 Å². The number of nitrogens with two attached hydrogens (primary N) is 1. The Morgan fingerprint density at radius 3 is 2.83 bits per heavy atom. The number of hydrogen-bond acceptors (Lipinski definition) is 4. The molecule has 0 aliphatic rings. The highest BCUT2D eigenvalue weighted by molar-refractivity contribution is 5.68. The van der Waals surface area contributed by atoms with Crippen LogP contribution in [0.15, 0.2) is 22.7 Å². The number of methoxy groups -OCH3 is 1. The first kappa shape index (κ1) is 12.5. The molecule has 0 saturated carbocycles. The van der Waals surface area contributed by atoms with E-state index in [1.165, 1.54) is 0 Å². The Labute approximate surface area is 107 Å². The van der Waals surface area contributed by atoms with Crippen molar-refractivity contribution in [3.8, 4) is 17.1 Å². The predicted molar refractivity (Wildman–Crippen MR) is 71.6 cm³/mol. The largest absolute Gasteiger partial charge is 0.496 e. The second kappa shape index (κ2) is 5.12. The average Bonchev–Trinajstić information content (AvgIpc) is 2.73. The van der Waals surface area contributed by atoms with Crippen molar-refractivity contribution >= 4 is 5.82 Å². The van der Waals surface area contributed by atoms with Gasteiger partial charge in [-0.25, -0.2) is 0 Å². The molecule has 0 fully saturated rings. The summed E-state index contributed by atoms with van der Waals surface area (Å²) in [6, 6.07) is 5.95. The van der Waals surface area contributed by atoms with Crippen molar-refractivity contribution in [3.05, 3.63) is 29.3 Å². The van der Waals surface area contributed by atoms with E-state index in [1.807, 2.05) is 25.1 Å². The van der Waals surface area contributed by atoms with Crippen molar-refractivity contribution in [2.45, 2.75) is 26.7 Å². The third-order valence-electron chi connectivity index (χ3n) is 2.99. The summed E-state index contributed by atoms with van der Waals surface area (Å²) in [6.07, 6.45) is 1.86. The quantitative estimate of drug-likeness (QED) is 0.899. The molecule has 4 heteroatoms. The molecule has 2 N–H and O–H groups in total. The van der Waals surface area contributed by atoms with Gasteiger partial charge in [0.2, 0.25) is 0 Å². The van der Waals surface area contributed by atoms with E-state index in [1.54, 1.807) is 7.11 Å². The molecule has 0 aliphatic carbocycles. The highest BCUT2D eigenvalue weighted by atomic mass is 16.5. The second-order valence-corrected chi connectivity index (χ2v) is 4.31. The van der Waals surface area contributed by atoms with Gasteiger partial charge in [0.05, 0.1) is 7.11 Å². The summed E-state index contributed by atoms with van der Waals surface area (Å²) in [6.45, 7) is 4.11. The Hall–Kier alpha value is -1.97. The molecule has 18 heavy (non-hydrogen) atoms. The van der Waals surface area contributed by atoms with E-state index in [0.717, 1.165) is 41.0 Å². The van der Waals surface area contributed by atoms with Crippen LogP contribution in [0.4, 0.5) is 5.82 Å². The van der Waals surface area contributed by atoms with Gasteiger partial charge in [0, 0.05) is 11.1 Å². The SMILES string of the molecule is CCCc1c(N)noc1-c1ccc(C)c(OC)c1. The summed E-state index contributed by atoms with van der Waals surface area (Å²) in [5, 5.41) is 3.85. The third kappa shape index (κ3) is 2.18. The van der Waals surface area contributed by atoms with Crippen LogP contribution in [-0.4, -0.2) is 12.3 Å². The molecule has 1 aromatic carbocycles. The lowest BCUT2D eigenvalue weighted by molar-refractivity contribution is 0.410. The van der Waals surface area contributed by atoms with Gasteiger partial charge in [-0.1, -0.05) is 30.6 Å². The van der Waals surface area contributed by atoms with Crippen molar-refractivity contribution in [1.29, 1.82) is 0 Å². The lowest BCUT2D eigenvalue weighted by Gasteiger charge is -2.06. The van der Waals surface area contributed by atoms with Crippen LogP contribution in [0.25, 0.3) is 11.3 Å². The minimum Gasteiger partial charge on any atom is -0.496 e. The number of ether oxygens (including phenoxy) is 1. The molecule has 96 valence electrons. The summed E-state index contributed by atoms with van der Waals surface area (Å²) in [5.74, 6) is 2.06. The zero-order chi connectivity index (χ0) is 13.1. The summed E-state index contributed by atoms with van der Waals surface area (Å²) >= 11 is 0. The van der Waals surface area contributed by atoms with Crippen molar-refractivity contribution < 1.29 is 9.26 Å². The number of benzene rings is 1. The summed E-state index contributed by atoms with van der Waals surface area (Å²) in [4.78, 5) is 0. The second-order valence-electron chi connectivity index (χ2n) is 4.31. The van der Waals surface area contributed by atoms with Crippen molar-refractivity contribution in [3.63, 3.8) is 0 Å². The molecular weight excluding hydrogens is 228 g/mol. The first-order valence-corrected chi connectivity index (χ1v) is 6.06. The number of nitrogens with zero attached hydrogens (tertiary/aromatic N) is 1. The Kier molecular flexibility index (Phi) is 3.55. The zero-order valence-corrected chi connectivity index (χ0v) is 11.0. The van der Waals surface area contributed by atoms with E-state index in [2.05, 4.69) is 12.1 Å². The van der Waals surface area contributed by atoms with Gasteiger partial charge in [0.25, 0.3) is 0 Å². The lowest BCUT2D eigenvalue weighted by atomic mass is 10.0. The van der Waals surface area contributed by atoms with Gasteiger partial charge in [-0.05, 0) is 25.0 Å². The maximum Gasteiger partial charge on any atom is 0.172 e. The molecule has 4 nitrogen and oxygen atoms in total. The number of nitrogen functional groups attached to an aromatic ring is 1. The Morgan fingerprint density at radius 2 is 2.17 bits per heavy atom. The molecular formula is C14H18N2O2. The maximum atomic E-state index is 5.83. The first-order chi connectivity index (χ1) is 8.67. The maximum absolute atomic E-state index is 5.83. The Morgan fingerprint density at radius 1 is 1.39 bits per heavy atom. The van der Waals surface area contributed by atoms with E-state index < -0.39 is 0 Å². The number of rotatable bonds is 4. The molecule has 0 radical (unpaired) electrons. The molecule has 0 aliphatic heterocycles. The fraction of sp³-hybridized carbons (Fsp3) is 0.357. The predicted octanol–water partition coefficient (Wildman–Crippen LogP) is 3.19. The smallest absolute Gasteiger partial charge is 0.172 e. The van der Waals surface area contributed by atoms with Crippen LogP contribution < -0.4 is 10.5 Å². The third-order valence-corrected chi connectivity index (χ3v) is 2.99. The molecule has 0 unspecified atom stereocenters. The van der Waals surface area contributed by atoms with E-state index in [-0.39, 0.29) is 0 Å². The standard InChI is InChI=1S/C14H18N2O2/c1-4-5-11-13(18-16-14(11)15)10-7-6-9(2)12(8-10)17-3/h6-8H,4-5H2,1-3H3,(H2,15,16). The molecule has 2 rings (SSSR count). The van der Waals surface area contributed by atoms with E-state index in [4.69, 9.17) is 15.0 Å². The number of hydrogen-bond donors (Lipinski definition) is 1. The van der Waals surface area contributed by atoms with Gasteiger partial charge in [0.15, 0.2) is 11.6 Å². The summed E-state index contributed by atoms with van der Waals surface area (Å²) < 4.78 is 10.7. The van der Waals surface area contributed by atoms with Crippen LogP contribution in [0.2, 0.25) is 0 Å². The van der Waals surface area contributed by atoms with Gasteiger partial charge in [0.1, 0.15) is 5.75 Å². The van der Waals surface area contributed by atoms with Crippen molar-refractivity contribution in [2.75, 3.05) is 12.8 Å². The highest BCUT2D eigenvalue weighted by Crippen LogP contribution is 2.32. The fourth-order valence-electron chi connectivity index (χ4n) is 2.00. The van der Waals surface area contributed by atoms with Crippen molar-refractivity contribution in [1.82, 2.24) is 5.16 Å². The normalized spacial score (nSPS) is 10.6. The molecule has 0 bridgehead atoms. The first-order valence-electron chi connectivity index (χ1n) is 6.06. The minimum absolute atomic E-state index is 0.478. The number of aryl methyl sites for hydroxylation is 1. The number of aromatic nitrogens is 1. The van der Waals surface area contributed by atoms with Crippen molar-refractivity contribution in [2.24, 2.45) is 0 Å². The zero-order valence-electron chi connectivity index (χ0n) is 11.0. The van der Waals surface area contributed by atoms with Crippen LogP contribution in [0, 0.1) is 6.92 Å².